The summed E-state index contributed by atoms with van der Waals surface area (Å²) in [7, 11) is 0. The Morgan fingerprint density at radius 1 is 1.40 bits per heavy atom. The lowest BCUT2D eigenvalue weighted by molar-refractivity contribution is 0.628. The lowest BCUT2D eigenvalue weighted by Crippen LogP contribution is -2.13. The topological polar surface area (TPSA) is 50.7 Å². The number of hydrogen-bond donors (Lipinski definition) is 1. The molecule has 0 saturated heterocycles. The molecule has 0 aromatic heterocycles. The predicted octanol–water partition coefficient (Wildman–Crippen LogP) is 2.63. The molecule has 0 saturated carbocycles. The van der Waals surface area contributed by atoms with E-state index in [2.05, 4.69) is 26.0 Å². The smallest absolute Gasteiger partial charge is 0.123 e. The van der Waals surface area contributed by atoms with Gasteiger partial charge in [0.2, 0.25) is 0 Å². The maximum atomic E-state index is 12.6. The second-order valence-electron chi connectivity index (χ2n) is 2.88. The number of hydrazone groups is 1. The molecule has 1 aromatic rings. The van der Waals surface area contributed by atoms with E-state index in [0.717, 1.165) is 5.71 Å². The van der Waals surface area contributed by atoms with Crippen LogP contribution in [0.25, 0.3) is 0 Å². The van der Waals surface area contributed by atoms with E-state index < -0.39 is 0 Å². The molecule has 0 fully saturated rings. The zero-order valence-electron chi connectivity index (χ0n) is 8.24. The van der Waals surface area contributed by atoms with Crippen LogP contribution in [-0.2, 0) is 0 Å². The highest BCUT2D eigenvalue weighted by Gasteiger charge is 2.02. The molecule has 3 nitrogen and oxygen atoms in total. The van der Waals surface area contributed by atoms with E-state index >= 15 is 0 Å². The first-order valence-electron chi connectivity index (χ1n) is 4.31. The van der Waals surface area contributed by atoms with Crippen LogP contribution in [0.5, 0.6) is 0 Å². The minimum atomic E-state index is -0.279. The molecule has 0 amide bonds. The van der Waals surface area contributed by atoms with Crippen molar-refractivity contribution in [3.63, 3.8) is 0 Å². The Kier molecular flexibility index (Phi) is 4.42. The summed E-state index contributed by atoms with van der Waals surface area (Å²) in [6.07, 6.45) is 0. The van der Waals surface area contributed by atoms with Gasteiger partial charge in [-0.2, -0.15) is 5.10 Å². The average molecular weight is 272 g/mol. The van der Waals surface area contributed by atoms with Gasteiger partial charge in [0.05, 0.1) is 17.1 Å². The molecule has 0 aliphatic heterocycles. The number of halogens is 2. The van der Waals surface area contributed by atoms with Crippen LogP contribution in [-0.4, -0.2) is 16.8 Å². The molecule has 5 heteroatoms. The highest BCUT2D eigenvalue weighted by molar-refractivity contribution is 9.09. The number of nitrogens with zero attached hydrogens (tertiary/aromatic N) is 2. The van der Waals surface area contributed by atoms with E-state index in [4.69, 9.17) is 5.84 Å². The summed E-state index contributed by atoms with van der Waals surface area (Å²) >= 11 is 3.29. The zero-order chi connectivity index (χ0) is 11.3. The van der Waals surface area contributed by atoms with Gasteiger partial charge in [-0.05, 0) is 31.2 Å². The van der Waals surface area contributed by atoms with Crippen molar-refractivity contribution in [2.45, 2.75) is 6.92 Å². The van der Waals surface area contributed by atoms with E-state index in [1.165, 1.54) is 12.1 Å². The zero-order valence-corrected chi connectivity index (χ0v) is 9.83. The van der Waals surface area contributed by atoms with Crippen LogP contribution < -0.4 is 5.84 Å². The Morgan fingerprint density at radius 3 is 2.47 bits per heavy atom. The van der Waals surface area contributed by atoms with Crippen LogP contribution in [0, 0.1) is 5.82 Å². The number of benzene rings is 1. The van der Waals surface area contributed by atoms with Gasteiger partial charge >= 0.3 is 0 Å². The second-order valence-corrected chi connectivity index (χ2v) is 3.44. The van der Waals surface area contributed by atoms with Crippen molar-refractivity contribution >= 4 is 33.0 Å². The summed E-state index contributed by atoms with van der Waals surface area (Å²) in [6.45, 7) is 1.77. The predicted molar refractivity (Wildman–Crippen MR) is 64.6 cm³/mol. The van der Waals surface area contributed by atoms with Crippen molar-refractivity contribution in [3.8, 4) is 0 Å². The molecule has 0 bridgehead atoms. The van der Waals surface area contributed by atoms with Crippen molar-refractivity contribution < 1.29 is 4.39 Å². The first-order valence-corrected chi connectivity index (χ1v) is 5.43. The van der Waals surface area contributed by atoms with Gasteiger partial charge in [-0.3, -0.25) is 4.99 Å². The van der Waals surface area contributed by atoms with E-state index in [1.54, 1.807) is 19.1 Å². The number of nitrogens with two attached hydrogens (primary N) is 1. The van der Waals surface area contributed by atoms with Crippen LogP contribution in [0.1, 0.15) is 6.92 Å². The van der Waals surface area contributed by atoms with E-state index in [-0.39, 0.29) is 5.82 Å². The monoisotopic (exact) mass is 271 g/mol. The SMILES string of the molecule is C/C(=N/N)C(CBr)=Nc1ccc(F)cc1. The molecule has 0 aliphatic carbocycles. The number of hydrogen-bond acceptors (Lipinski definition) is 3. The van der Waals surface area contributed by atoms with Gasteiger partial charge in [0.25, 0.3) is 0 Å². The van der Waals surface area contributed by atoms with Gasteiger partial charge in [-0.1, -0.05) is 15.9 Å². The molecule has 0 unspecified atom stereocenters. The Balaban J connectivity index is 2.98. The van der Waals surface area contributed by atoms with Crippen molar-refractivity contribution in [2.24, 2.45) is 15.9 Å². The third kappa shape index (κ3) is 3.43. The Hall–Kier alpha value is -1.23. The van der Waals surface area contributed by atoms with Crippen LogP contribution >= 0.6 is 15.9 Å². The molecule has 15 heavy (non-hydrogen) atoms. The number of aliphatic imine (C=N–C) groups is 1. The minimum absolute atomic E-state index is 0.279. The molecular formula is C10H11BrFN3. The van der Waals surface area contributed by atoms with Gasteiger partial charge in [0.15, 0.2) is 0 Å². The Morgan fingerprint density at radius 2 is 2.00 bits per heavy atom. The van der Waals surface area contributed by atoms with E-state index in [0.29, 0.717) is 16.7 Å². The van der Waals surface area contributed by atoms with Crippen LogP contribution in [0.3, 0.4) is 0 Å². The first-order chi connectivity index (χ1) is 7.17. The fourth-order valence-corrected chi connectivity index (χ4v) is 1.48. The van der Waals surface area contributed by atoms with Gasteiger partial charge in [-0.15, -0.1) is 0 Å². The normalized spacial score (nSPS) is 13.0. The Bertz CT molecular complexity index is 384. The highest BCUT2D eigenvalue weighted by atomic mass is 79.9. The maximum absolute atomic E-state index is 12.6. The molecular weight excluding hydrogens is 261 g/mol. The molecule has 0 radical (unpaired) electrons. The van der Waals surface area contributed by atoms with E-state index in [1.807, 2.05) is 0 Å². The second kappa shape index (κ2) is 5.60. The molecule has 1 rings (SSSR count). The first kappa shape index (κ1) is 11.8. The summed E-state index contributed by atoms with van der Waals surface area (Å²) in [5.41, 5.74) is 2.05. The number of alkyl halides is 1. The van der Waals surface area contributed by atoms with Gasteiger partial charge in [0.1, 0.15) is 5.82 Å². The quantitative estimate of drug-likeness (QED) is 0.391. The standard InChI is InChI=1S/C10H11BrFN3/c1-7(15-13)10(6-11)14-9-4-2-8(12)3-5-9/h2-5H,6,13H2,1H3/b14-10?,15-7-. The largest absolute Gasteiger partial charge is 0.323 e. The summed E-state index contributed by atoms with van der Waals surface area (Å²) in [4.78, 5) is 4.28. The van der Waals surface area contributed by atoms with Crippen LogP contribution in [0.2, 0.25) is 0 Å². The summed E-state index contributed by atoms with van der Waals surface area (Å²) in [5.74, 6) is 4.87. The van der Waals surface area contributed by atoms with Crippen molar-refractivity contribution in [1.29, 1.82) is 0 Å². The van der Waals surface area contributed by atoms with E-state index in [9.17, 15) is 4.39 Å². The lowest BCUT2D eigenvalue weighted by Gasteiger charge is -2.01. The molecule has 0 spiro atoms. The fraction of sp³-hybridized carbons (Fsp3) is 0.200. The summed E-state index contributed by atoms with van der Waals surface area (Å²) in [5, 5.41) is 4.11. The van der Waals surface area contributed by atoms with Crippen LogP contribution in [0.15, 0.2) is 34.4 Å². The lowest BCUT2D eigenvalue weighted by atomic mass is 10.2. The summed E-state index contributed by atoms with van der Waals surface area (Å²) < 4.78 is 12.6. The van der Waals surface area contributed by atoms with Crippen molar-refractivity contribution in [1.82, 2.24) is 0 Å². The van der Waals surface area contributed by atoms with Crippen LogP contribution in [0.4, 0.5) is 10.1 Å². The van der Waals surface area contributed by atoms with Crippen molar-refractivity contribution in [3.05, 3.63) is 30.1 Å². The highest BCUT2D eigenvalue weighted by Crippen LogP contribution is 2.13. The molecule has 1 aromatic carbocycles. The van der Waals surface area contributed by atoms with Gasteiger partial charge < -0.3 is 5.84 Å². The number of rotatable bonds is 3. The third-order valence-electron chi connectivity index (χ3n) is 1.83. The molecule has 2 N–H and O–H groups in total. The van der Waals surface area contributed by atoms with Crippen molar-refractivity contribution in [2.75, 3.05) is 5.33 Å². The molecule has 0 aliphatic rings. The third-order valence-corrected chi connectivity index (χ3v) is 2.36. The average Bonchev–Trinajstić information content (AvgIpc) is 2.27. The Labute approximate surface area is 96.0 Å². The van der Waals surface area contributed by atoms with Gasteiger partial charge in [-0.25, -0.2) is 4.39 Å². The maximum Gasteiger partial charge on any atom is 0.123 e. The molecule has 0 atom stereocenters. The minimum Gasteiger partial charge on any atom is -0.323 e. The molecule has 0 heterocycles. The summed E-state index contributed by atoms with van der Waals surface area (Å²) in [6, 6.07) is 5.92. The molecule has 80 valence electrons. The fourth-order valence-electron chi connectivity index (χ4n) is 0.953. The van der Waals surface area contributed by atoms with Gasteiger partial charge in [0, 0.05) is 5.33 Å².